The molecule has 3 N–H and O–H groups in total. The van der Waals surface area contributed by atoms with E-state index >= 15 is 0 Å². The lowest BCUT2D eigenvalue weighted by Gasteiger charge is -2.21. The minimum absolute atomic E-state index is 0.00695. The second-order valence-corrected chi connectivity index (χ2v) is 28.8. The van der Waals surface area contributed by atoms with Gasteiger partial charge in [0.05, 0.1) is 32.8 Å². The summed E-state index contributed by atoms with van der Waals surface area (Å²) in [6.07, 6.45) is 98.7. The standard InChI is InChI=1S/C89H140O17P2/c1-5-9-13-17-21-25-29-33-37-39-41-43-47-49-53-57-61-65-69-73-86(91)99-79-84(105-88(93)75-71-67-63-59-55-51-45-35-31-27-23-19-15-11-7-3)81-103-107(95,96)101-77-83(90)78-102-108(97,98)104-82-85(106-89(94)76-72-68-64-60-56-52-46-36-32-28-24-20-16-12-8-4)80-100-87(92)74-70-66-62-58-54-50-48-44-42-40-38-34-30-26-22-18-14-10-6-2/h9-11,13-15,21-23,25-27,33-35,37-38,41-45,49-50,53-55,59,61-62,65-67,71,83-85,90H,5-8,12,16-20,24,28-32,36,39-40,46-48,51-52,56-58,60,63-64,68-70,72-82H2,1-4H3,(H,95,96)(H,97,98)/b13-9-,14-10-,15-11-,25-21-,26-22-,27-23-,37-33-,38-34-,43-41-,44-42-,45-35-,53-49-,54-50-,59-55-,65-61-,66-62-,71-67-. The first-order chi connectivity index (χ1) is 52.7. The smallest absolute Gasteiger partial charge is 0.462 e. The SMILES string of the molecule is CC/C=C\C/C=C\C/C=C\C/C=C\C/C=C\C/C=C\CCC(=O)OCC(COP(=O)(O)OCC(O)COP(=O)(O)OCC(COC(=O)CC/C=C\C/C=C\C/C=C\C/C=C\C/C=C\C/C=C\CC)OC(=O)CCCCCCCCCCCCCCCCC)OC(=O)C/C=C\C/C=C\C/C=C\C/C=C\C/C=C\CC. The molecule has 0 rings (SSSR count). The van der Waals surface area contributed by atoms with E-state index in [0.29, 0.717) is 38.5 Å². The van der Waals surface area contributed by atoms with Gasteiger partial charge in [0.1, 0.15) is 19.3 Å². The van der Waals surface area contributed by atoms with E-state index < -0.39 is 97.5 Å². The molecule has 0 aliphatic heterocycles. The highest BCUT2D eigenvalue weighted by Gasteiger charge is 2.30. The van der Waals surface area contributed by atoms with Gasteiger partial charge in [0.15, 0.2) is 12.2 Å². The van der Waals surface area contributed by atoms with Crippen LogP contribution in [0.15, 0.2) is 207 Å². The summed E-state index contributed by atoms with van der Waals surface area (Å²) in [5.41, 5.74) is 0. The van der Waals surface area contributed by atoms with Crippen LogP contribution in [0.4, 0.5) is 0 Å². The monoisotopic (exact) mass is 1540 g/mol. The van der Waals surface area contributed by atoms with Crippen LogP contribution in [0.3, 0.4) is 0 Å². The summed E-state index contributed by atoms with van der Waals surface area (Å²) in [7, 11) is -10.1. The molecule has 0 aromatic heterocycles. The molecule has 608 valence electrons. The normalized spacial score (nSPS) is 14.9. The minimum Gasteiger partial charge on any atom is -0.462 e. The quantitative estimate of drug-likeness (QED) is 0.0169. The van der Waals surface area contributed by atoms with Crippen molar-refractivity contribution in [3.05, 3.63) is 207 Å². The van der Waals surface area contributed by atoms with E-state index in [4.69, 9.17) is 37.0 Å². The Morgan fingerprint density at radius 3 is 0.806 bits per heavy atom. The lowest BCUT2D eigenvalue weighted by Crippen LogP contribution is -2.30. The van der Waals surface area contributed by atoms with E-state index in [1.807, 2.05) is 48.6 Å². The number of hydrogen-bond donors (Lipinski definition) is 3. The molecular formula is C89H140O17P2. The molecule has 0 aromatic rings. The van der Waals surface area contributed by atoms with Gasteiger partial charge < -0.3 is 33.8 Å². The number of carbonyl (C=O) groups excluding carboxylic acids is 4. The molecule has 0 heterocycles. The number of esters is 4. The van der Waals surface area contributed by atoms with Gasteiger partial charge in [0.25, 0.3) is 0 Å². The Kier molecular flexibility index (Phi) is 74.1. The van der Waals surface area contributed by atoms with Crippen molar-refractivity contribution >= 4 is 39.5 Å². The molecule has 0 saturated carbocycles. The number of aliphatic hydroxyl groups excluding tert-OH is 1. The number of phosphoric acid groups is 2. The third-order valence-corrected chi connectivity index (χ3v) is 17.7. The average molecular weight is 1540 g/mol. The van der Waals surface area contributed by atoms with Crippen molar-refractivity contribution in [3.8, 4) is 0 Å². The molecule has 0 aliphatic carbocycles. The molecule has 17 nitrogen and oxygen atoms in total. The molecule has 0 radical (unpaired) electrons. The van der Waals surface area contributed by atoms with Gasteiger partial charge in [-0.15, -0.1) is 0 Å². The van der Waals surface area contributed by atoms with E-state index in [-0.39, 0.29) is 25.7 Å². The van der Waals surface area contributed by atoms with Crippen molar-refractivity contribution in [1.82, 2.24) is 0 Å². The number of unbranched alkanes of at least 4 members (excludes halogenated alkanes) is 14. The summed E-state index contributed by atoms with van der Waals surface area (Å²) in [6, 6.07) is 0. The number of ether oxygens (including phenoxy) is 4. The molecular weight excluding hydrogens is 1400 g/mol. The third kappa shape index (κ3) is 77.8. The van der Waals surface area contributed by atoms with Crippen molar-refractivity contribution in [1.29, 1.82) is 0 Å². The summed E-state index contributed by atoms with van der Waals surface area (Å²) in [4.78, 5) is 73.0. The maximum absolute atomic E-state index is 13.1. The molecule has 108 heavy (non-hydrogen) atoms. The number of allylic oxidation sites excluding steroid dienone is 33. The van der Waals surface area contributed by atoms with E-state index in [1.54, 1.807) is 12.2 Å². The van der Waals surface area contributed by atoms with E-state index in [1.165, 1.54) is 64.2 Å². The number of aliphatic hydroxyl groups is 1. The van der Waals surface area contributed by atoms with Crippen molar-refractivity contribution in [2.45, 2.75) is 290 Å². The van der Waals surface area contributed by atoms with Gasteiger partial charge in [-0.25, -0.2) is 9.13 Å². The minimum atomic E-state index is -5.03. The Morgan fingerprint density at radius 1 is 0.278 bits per heavy atom. The summed E-state index contributed by atoms with van der Waals surface area (Å²) in [5, 5.41) is 10.6. The van der Waals surface area contributed by atoms with Crippen LogP contribution in [0.1, 0.15) is 272 Å². The van der Waals surface area contributed by atoms with Crippen molar-refractivity contribution in [3.63, 3.8) is 0 Å². The van der Waals surface area contributed by atoms with Crippen LogP contribution in [-0.4, -0.2) is 96.7 Å². The Morgan fingerprint density at radius 2 is 0.519 bits per heavy atom. The first-order valence-electron chi connectivity index (χ1n) is 40.3. The number of carbonyl (C=O) groups is 4. The van der Waals surface area contributed by atoms with E-state index in [0.717, 1.165) is 116 Å². The highest BCUT2D eigenvalue weighted by atomic mass is 31.2. The van der Waals surface area contributed by atoms with Gasteiger partial charge in [-0.2, -0.15) is 0 Å². The molecule has 0 amide bonds. The predicted molar refractivity (Wildman–Crippen MR) is 445 cm³/mol. The van der Waals surface area contributed by atoms with Gasteiger partial charge in [-0.1, -0.05) is 324 Å². The zero-order valence-corrected chi connectivity index (χ0v) is 68.2. The van der Waals surface area contributed by atoms with Crippen LogP contribution in [0.5, 0.6) is 0 Å². The molecule has 5 atom stereocenters. The molecule has 0 spiro atoms. The lowest BCUT2D eigenvalue weighted by molar-refractivity contribution is -0.161. The van der Waals surface area contributed by atoms with Crippen LogP contribution in [-0.2, 0) is 65.4 Å². The first kappa shape index (κ1) is 102. The maximum Gasteiger partial charge on any atom is 0.472 e. The summed E-state index contributed by atoms with van der Waals surface area (Å²) < 4.78 is 68.3. The van der Waals surface area contributed by atoms with Crippen LogP contribution < -0.4 is 0 Å². The second kappa shape index (κ2) is 78.8. The zero-order valence-electron chi connectivity index (χ0n) is 66.4. The fourth-order valence-electron chi connectivity index (χ4n) is 9.82. The van der Waals surface area contributed by atoms with Gasteiger partial charge in [0, 0.05) is 19.3 Å². The Hall–Kier alpha value is -6.36. The molecule has 5 unspecified atom stereocenters. The maximum atomic E-state index is 13.1. The van der Waals surface area contributed by atoms with Gasteiger partial charge >= 0.3 is 39.5 Å². The fourth-order valence-corrected chi connectivity index (χ4v) is 11.4. The van der Waals surface area contributed by atoms with E-state index in [2.05, 4.69) is 174 Å². The summed E-state index contributed by atoms with van der Waals surface area (Å²) >= 11 is 0. The first-order valence-corrected chi connectivity index (χ1v) is 43.3. The second-order valence-electron chi connectivity index (χ2n) is 25.9. The molecule has 0 saturated heterocycles. The Bertz CT molecular complexity index is 2860. The fraction of sp³-hybridized carbons (Fsp3) is 0.573. The third-order valence-electron chi connectivity index (χ3n) is 15.8. The summed E-state index contributed by atoms with van der Waals surface area (Å²) in [5.74, 6) is -2.54. The van der Waals surface area contributed by atoms with Gasteiger partial charge in [0.2, 0.25) is 0 Å². The van der Waals surface area contributed by atoms with Crippen molar-refractivity contribution in [2.75, 3.05) is 39.6 Å². The Labute approximate surface area is 652 Å². The van der Waals surface area contributed by atoms with E-state index in [9.17, 15) is 43.2 Å². The predicted octanol–water partition coefficient (Wildman–Crippen LogP) is 23.9. The molecule has 0 aromatic carbocycles. The van der Waals surface area contributed by atoms with Gasteiger partial charge in [-0.05, 0) is 128 Å². The highest BCUT2D eigenvalue weighted by molar-refractivity contribution is 7.47. The average Bonchev–Trinajstić information content (AvgIpc) is 0.923. The largest absolute Gasteiger partial charge is 0.472 e. The topological polar surface area (TPSA) is 237 Å². The Balaban J connectivity index is 5.57. The van der Waals surface area contributed by atoms with Crippen LogP contribution >= 0.6 is 15.6 Å². The lowest BCUT2D eigenvalue weighted by atomic mass is 10.0. The number of phosphoric ester groups is 2. The van der Waals surface area contributed by atoms with Crippen LogP contribution in [0.25, 0.3) is 0 Å². The van der Waals surface area contributed by atoms with Crippen LogP contribution in [0, 0.1) is 0 Å². The van der Waals surface area contributed by atoms with Crippen molar-refractivity contribution < 1.29 is 80.2 Å². The molecule has 0 aliphatic rings. The number of hydrogen-bond acceptors (Lipinski definition) is 15. The van der Waals surface area contributed by atoms with Crippen LogP contribution in [0.2, 0.25) is 0 Å². The molecule has 0 fully saturated rings. The zero-order chi connectivity index (χ0) is 78.9. The summed E-state index contributed by atoms with van der Waals surface area (Å²) in [6.45, 7) is 4.22. The molecule has 0 bridgehead atoms. The highest BCUT2D eigenvalue weighted by Crippen LogP contribution is 2.45. The van der Waals surface area contributed by atoms with Gasteiger partial charge in [-0.3, -0.25) is 37.3 Å². The van der Waals surface area contributed by atoms with Crippen molar-refractivity contribution in [2.24, 2.45) is 0 Å². The number of rotatable bonds is 73. The molecule has 19 heteroatoms.